The lowest BCUT2D eigenvalue weighted by Crippen LogP contribution is -2.22. The summed E-state index contributed by atoms with van der Waals surface area (Å²) in [5.41, 5.74) is 9.10. The standard InChI is InChI=1S/C13H13N3O/c1-7-6-10-11(12(17)16-13(14)15-10)9-5-3-2-4-8(7)9/h2-5,7H,6H2,1H3,(H3,14,15,16,17)/t7-/m1/s1. The van der Waals surface area contributed by atoms with Crippen LogP contribution < -0.4 is 11.3 Å². The molecule has 0 bridgehead atoms. The summed E-state index contributed by atoms with van der Waals surface area (Å²) in [4.78, 5) is 18.8. The zero-order chi connectivity index (χ0) is 12.0. The van der Waals surface area contributed by atoms with Crippen LogP contribution in [0.2, 0.25) is 0 Å². The summed E-state index contributed by atoms with van der Waals surface area (Å²) in [6.45, 7) is 2.14. The second kappa shape index (κ2) is 3.45. The van der Waals surface area contributed by atoms with E-state index < -0.39 is 0 Å². The van der Waals surface area contributed by atoms with E-state index >= 15 is 0 Å². The lowest BCUT2D eigenvalue weighted by Gasteiger charge is -2.23. The first kappa shape index (κ1) is 10.1. The van der Waals surface area contributed by atoms with Crippen molar-refractivity contribution >= 4 is 5.95 Å². The van der Waals surface area contributed by atoms with Crippen molar-refractivity contribution in [3.05, 3.63) is 45.9 Å². The summed E-state index contributed by atoms with van der Waals surface area (Å²) in [7, 11) is 0. The third-order valence-corrected chi connectivity index (χ3v) is 3.27. The van der Waals surface area contributed by atoms with Gasteiger partial charge in [-0.3, -0.25) is 9.78 Å². The van der Waals surface area contributed by atoms with Crippen LogP contribution in [0.3, 0.4) is 0 Å². The third kappa shape index (κ3) is 1.45. The molecule has 4 heteroatoms. The van der Waals surface area contributed by atoms with Crippen LogP contribution in [0.4, 0.5) is 5.95 Å². The molecule has 1 atom stereocenters. The first-order chi connectivity index (χ1) is 8.16. The van der Waals surface area contributed by atoms with Gasteiger partial charge in [0, 0.05) is 0 Å². The lowest BCUT2D eigenvalue weighted by atomic mass is 9.82. The van der Waals surface area contributed by atoms with Gasteiger partial charge in [0.2, 0.25) is 5.95 Å². The van der Waals surface area contributed by atoms with E-state index in [4.69, 9.17) is 5.73 Å². The molecule has 86 valence electrons. The Labute approximate surface area is 98.5 Å². The second-order valence-electron chi connectivity index (χ2n) is 4.47. The Kier molecular flexibility index (Phi) is 2.04. The first-order valence-electron chi connectivity index (χ1n) is 5.65. The molecule has 1 aliphatic carbocycles. The van der Waals surface area contributed by atoms with Gasteiger partial charge in [0.05, 0.1) is 11.3 Å². The number of nitrogens with one attached hydrogen (secondary N) is 1. The molecule has 4 nitrogen and oxygen atoms in total. The van der Waals surface area contributed by atoms with Gasteiger partial charge in [-0.25, -0.2) is 4.98 Å². The summed E-state index contributed by atoms with van der Waals surface area (Å²) < 4.78 is 0. The van der Waals surface area contributed by atoms with Crippen molar-refractivity contribution in [1.82, 2.24) is 9.97 Å². The highest BCUT2D eigenvalue weighted by molar-refractivity contribution is 5.72. The van der Waals surface area contributed by atoms with Gasteiger partial charge in [-0.1, -0.05) is 31.2 Å². The summed E-state index contributed by atoms with van der Waals surface area (Å²) >= 11 is 0. The Morgan fingerprint density at radius 3 is 3.00 bits per heavy atom. The van der Waals surface area contributed by atoms with Gasteiger partial charge in [-0.05, 0) is 23.5 Å². The van der Waals surface area contributed by atoms with Crippen molar-refractivity contribution in [1.29, 1.82) is 0 Å². The number of nitrogens with two attached hydrogens (primary N) is 1. The SMILES string of the molecule is C[C@@H]1Cc2nc(N)[nH]c(=O)c2-c2ccccc21. The van der Waals surface area contributed by atoms with E-state index in [0.29, 0.717) is 11.5 Å². The highest BCUT2D eigenvalue weighted by atomic mass is 16.1. The normalized spacial score (nSPS) is 17.4. The molecule has 1 aliphatic rings. The monoisotopic (exact) mass is 227 g/mol. The molecule has 3 N–H and O–H groups in total. The van der Waals surface area contributed by atoms with Gasteiger partial charge in [-0.15, -0.1) is 0 Å². The predicted octanol–water partition coefficient (Wildman–Crippen LogP) is 1.68. The fourth-order valence-corrected chi connectivity index (χ4v) is 2.52. The lowest BCUT2D eigenvalue weighted by molar-refractivity contribution is 0.726. The molecule has 0 saturated heterocycles. The Balaban J connectivity index is 2.37. The molecule has 0 spiro atoms. The second-order valence-corrected chi connectivity index (χ2v) is 4.47. The van der Waals surface area contributed by atoms with Crippen molar-refractivity contribution in [2.75, 3.05) is 5.73 Å². The molecular formula is C13H13N3O. The van der Waals surface area contributed by atoms with Crippen molar-refractivity contribution < 1.29 is 0 Å². The minimum atomic E-state index is -0.146. The number of fused-ring (bicyclic) bond motifs is 3. The molecule has 0 saturated carbocycles. The fourth-order valence-electron chi connectivity index (χ4n) is 2.52. The maximum atomic E-state index is 12.0. The largest absolute Gasteiger partial charge is 0.369 e. The highest BCUT2D eigenvalue weighted by Crippen LogP contribution is 2.36. The van der Waals surface area contributed by atoms with Crippen LogP contribution in [0.15, 0.2) is 29.1 Å². The molecule has 1 aromatic carbocycles. The number of hydrogen-bond acceptors (Lipinski definition) is 3. The van der Waals surface area contributed by atoms with Crippen LogP contribution in [-0.2, 0) is 6.42 Å². The van der Waals surface area contributed by atoms with Gasteiger partial charge in [0.1, 0.15) is 0 Å². The van der Waals surface area contributed by atoms with Gasteiger partial charge in [-0.2, -0.15) is 0 Å². The van der Waals surface area contributed by atoms with E-state index in [2.05, 4.69) is 23.0 Å². The van der Waals surface area contributed by atoms with Gasteiger partial charge < -0.3 is 5.73 Å². The van der Waals surface area contributed by atoms with Gasteiger partial charge >= 0.3 is 0 Å². The summed E-state index contributed by atoms with van der Waals surface area (Å²) in [5.74, 6) is 0.563. The zero-order valence-electron chi connectivity index (χ0n) is 9.53. The van der Waals surface area contributed by atoms with Crippen molar-refractivity contribution in [2.45, 2.75) is 19.3 Å². The number of rotatable bonds is 0. The fraction of sp³-hybridized carbons (Fsp3) is 0.231. The highest BCUT2D eigenvalue weighted by Gasteiger charge is 2.24. The number of hydrogen-bond donors (Lipinski definition) is 2. The van der Waals surface area contributed by atoms with E-state index in [0.717, 1.165) is 17.7 Å². The molecule has 2 aromatic rings. The Hall–Kier alpha value is -2.10. The average molecular weight is 227 g/mol. The van der Waals surface area contributed by atoms with E-state index in [9.17, 15) is 4.79 Å². The molecule has 1 heterocycles. The molecule has 0 amide bonds. The first-order valence-corrected chi connectivity index (χ1v) is 5.65. The molecule has 0 aliphatic heterocycles. The maximum Gasteiger partial charge on any atom is 0.260 e. The molecule has 0 unspecified atom stereocenters. The molecule has 1 aromatic heterocycles. The quantitative estimate of drug-likeness (QED) is 0.719. The van der Waals surface area contributed by atoms with Gasteiger partial charge in [0.15, 0.2) is 0 Å². The molecule has 17 heavy (non-hydrogen) atoms. The summed E-state index contributed by atoms with van der Waals surface area (Å²) in [6, 6.07) is 7.98. The summed E-state index contributed by atoms with van der Waals surface area (Å²) in [6.07, 6.45) is 0.764. The minimum absolute atomic E-state index is 0.146. The smallest absolute Gasteiger partial charge is 0.260 e. The Morgan fingerprint density at radius 2 is 2.18 bits per heavy atom. The number of anilines is 1. The van der Waals surface area contributed by atoms with Crippen LogP contribution in [-0.4, -0.2) is 9.97 Å². The van der Waals surface area contributed by atoms with E-state index in [1.807, 2.05) is 18.2 Å². The van der Waals surface area contributed by atoms with Crippen LogP contribution in [0.1, 0.15) is 24.1 Å². The Morgan fingerprint density at radius 1 is 1.41 bits per heavy atom. The van der Waals surface area contributed by atoms with Crippen molar-refractivity contribution in [2.24, 2.45) is 0 Å². The van der Waals surface area contributed by atoms with Crippen LogP contribution in [0, 0.1) is 0 Å². The van der Waals surface area contributed by atoms with Gasteiger partial charge in [0.25, 0.3) is 5.56 Å². The molecule has 0 fully saturated rings. The predicted molar refractivity (Wildman–Crippen MR) is 66.8 cm³/mol. The zero-order valence-corrected chi connectivity index (χ0v) is 9.53. The van der Waals surface area contributed by atoms with Crippen LogP contribution in [0.5, 0.6) is 0 Å². The molecule has 3 rings (SSSR count). The van der Waals surface area contributed by atoms with Crippen LogP contribution in [0.25, 0.3) is 11.1 Å². The number of aromatic amines is 1. The van der Waals surface area contributed by atoms with E-state index in [-0.39, 0.29) is 11.5 Å². The molecular weight excluding hydrogens is 214 g/mol. The Bertz CT molecular complexity index is 645. The summed E-state index contributed by atoms with van der Waals surface area (Å²) in [5, 5.41) is 0. The van der Waals surface area contributed by atoms with E-state index in [1.54, 1.807) is 0 Å². The van der Waals surface area contributed by atoms with Crippen LogP contribution >= 0.6 is 0 Å². The number of benzene rings is 1. The van der Waals surface area contributed by atoms with Crippen molar-refractivity contribution in [3.63, 3.8) is 0 Å². The third-order valence-electron chi connectivity index (χ3n) is 3.27. The topological polar surface area (TPSA) is 71.8 Å². The number of H-pyrrole nitrogens is 1. The maximum absolute atomic E-state index is 12.0. The number of nitrogen functional groups attached to an aromatic ring is 1. The van der Waals surface area contributed by atoms with Crippen molar-refractivity contribution in [3.8, 4) is 11.1 Å². The minimum Gasteiger partial charge on any atom is -0.369 e. The number of nitrogens with zero attached hydrogens (tertiary/aromatic N) is 1. The van der Waals surface area contributed by atoms with E-state index in [1.165, 1.54) is 5.56 Å². The average Bonchev–Trinajstić information content (AvgIpc) is 2.28. The number of aromatic nitrogens is 2. The molecule has 0 radical (unpaired) electrons.